The van der Waals surface area contributed by atoms with Crippen LogP contribution in [0, 0.1) is 0 Å². The lowest BCUT2D eigenvalue weighted by atomic mass is 10.0. The fourth-order valence-corrected chi connectivity index (χ4v) is 3.12. The van der Waals surface area contributed by atoms with E-state index in [1.165, 1.54) is 25.7 Å². The molecule has 3 nitrogen and oxygen atoms in total. The van der Waals surface area contributed by atoms with Crippen molar-refractivity contribution in [2.24, 2.45) is 0 Å². The molecule has 0 spiro atoms. The predicted octanol–water partition coefficient (Wildman–Crippen LogP) is 4.89. The molecule has 0 radical (unpaired) electrons. The van der Waals surface area contributed by atoms with E-state index in [2.05, 4.69) is 23.3 Å². The summed E-state index contributed by atoms with van der Waals surface area (Å²) in [6, 6.07) is 9.85. The van der Waals surface area contributed by atoms with E-state index in [4.69, 9.17) is 16.6 Å². The van der Waals surface area contributed by atoms with Gasteiger partial charge in [-0.15, -0.1) is 0 Å². The van der Waals surface area contributed by atoms with Gasteiger partial charge in [-0.25, -0.2) is 9.97 Å². The summed E-state index contributed by atoms with van der Waals surface area (Å²) in [6.45, 7) is 2.94. The maximum Gasteiger partial charge on any atom is 0.161 e. The van der Waals surface area contributed by atoms with E-state index in [0.29, 0.717) is 10.9 Å². The zero-order chi connectivity index (χ0) is 14.7. The van der Waals surface area contributed by atoms with E-state index in [-0.39, 0.29) is 0 Å². The fraction of sp³-hybridized carbons (Fsp3) is 0.412. The van der Waals surface area contributed by atoms with E-state index in [9.17, 15) is 0 Å². The second kappa shape index (κ2) is 6.44. The van der Waals surface area contributed by atoms with Crippen molar-refractivity contribution in [1.82, 2.24) is 9.97 Å². The average Bonchev–Trinajstić information content (AvgIpc) is 3.01. The first-order chi connectivity index (χ1) is 10.3. The van der Waals surface area contributed by atoms with Crippen molar-refractivity contribution in [3.63, 3.8) is 0 Å². The molecule has 1 aliphatic rings. The highest BCUT2D eigenvalue weighted by Crippen LogP contribution is 2.34. The van der Waals surface area contributed by atoms with E-state index in [0.717, 1.165) is 29.4 Å². The zero-order valence-corrected chi connectivity index (χ0v) is 13.0. The summed E-state index contributed by atoms with van der Waals surface area (Å²) in [6.07, 6.45) is 5.07. The zero-order valence-electron chi connectivity index (χ0n) is 12.3. The Kier molecular flexibility index (Phi) is 4.39. The third-order valence-electron chi connectivity index (χ3n) is 3.96. The van der Waals surface area contributed by atoms with Gasteiger partial charge >= 0.3 is 0 Å². The second-order valence-electron chi connectivity index (χ2n) is 5.52. The van der Waals surface area contributed by atoms with Gasteiger partial charge in [0.15, 0.2) is 5.82 Å². The van der Waals surface area contributed by atoms with Gasteiger partial charge in [-0.2, -0.15) is 0 Å². The van der Waals surface area contributed by atoms with Gasteiger partial charge in [0.2, 0.25) is 0 Å². The highest BCUT2D eigenvalue weighted by Gasteiger charge is 2.20. The maximum absolute atomic E-state index is 6.09. The summed E-state index contributed by atoms with van der Waals surface area (Å²) in [5, 5.41) is 4.03. The van der Waals surface area contributed by atoms with Gasteiger partial charge in [0.1, 0.15) is 5.82 Å². The smallest absolute Gasteiger partial charge is 0.161 e. The summed E-state index contributed by atoms with van der Waals surface area (Å²) in [4.78, 5) is 9.42. The van der Waals surface area contributed by atoms with Crippen LogP contribution < -0.4 is 5.32 Å². The quantitative estimate of drug-likeness (QED) is 0.874. The molecule has 1 aromatic carbocycles. The monoisotopic (exact) mass is 301 g/mol. The second-order valence-corrected chi connectivity index (χ2v) is 5.96. The van der Waals surface area contributed by atoms with Crippen LogP contribution in [0.15, 0.2) is 30.3 Å². The largest absolute Gasteiger partial charge is 0.370 e. The molecule has 0 aliphatic heterocycles. The van der Waals surface area contributed by atoms with Crippen LogP contribution in [-0.2, 0) is 0 Å². The molecular formula is C17H20ClN3. The molecular weight excluding hydrogens is 282 g/mol. The third kappa shape index (κ3) is 3.35. The first-order valence-corrected chi connectivity index (χ1v) is 8.03. The standard InChI is InChI=1S/C17H20ClN3/c1-2-19-16-11-15(12-6-3-4-7-12)20-17(21-16)13-8-5-9-14(18)10-13/h5,8-12H,2-4,6-7H2,1H3,(H,19,20,21). The maximum atomic E-state index is 6.09. The molecule has 1 heterocycles. The SMILES string of the molecule is CCNc1cc(C2CCCC2)nc(-c2cccc(Cl)c2)n1. The molecule has 1 N–H and O–H groups in total. The van der Waals surface area contributed by atoms with Crippen molar-refractivity contribution in [1.29, 1.82) is 0 Å². The molecule has 1 fully saturated rings. The highest BCUT2D eigenvalue weighted by molar-refractivity contribution is 6.30. The minimum atomic E-state index is 0.573. The average molecular weight is 302 g/mol. The third-order valence-corrected chi connectivity index (χ3v) is 4.20. The number of nitrogens with one attached hydrogen (secondary N) is 1. The first kappa shape index (κ1) is 14.3. The Labute approximate surface area is 130 Å². The molecule has 0 saturated heterocycles. The molecule has 21 heavy (non-hydrogen) atoms. The molecule has 3 rings (SSSR count). The Balaban J connectivity index is 2.02. The van der Waals surface area contributed by atoms with Gasteiger partial charge in [-0.1, -0.05) is 36.6 Å². The number of hydrogen-bond donors (Lipinski definition) is 1. The van der Waals surface area contributed by atoms with Crippen molar-refractivity contribution >= 4 is 17.4 Å². The Morgan fingerprint density at radius 2 is 2.00 bits per heavy atom. The number of aromatic nitrogens is 2. The van der Waals surface area contributed by atoms with Crippen LogP contribution in [0.1, 0.15) is 44.2 Å². The van der Waals surface area contributed by atoms with Gasteiger partial charge in [-0.05, 0) is 31.9 Å². The molecule has 1 aromatic heterocycles. The van der Waals surface area contributed by atoms with Crippen molar-refractivity contribution in [3.8, 4) is 11.4 Å². The van der Waals surface area contributed by atoms with Crippen LogP contribution in [0.2, 0.25) is 5.02 Å². The van der Waals surface area contributed by atoms with Gasteiger partial charge in [0.05, 0.1) is 0 Å². The van der Waals surface area contributed by atoms with Gasteiger partial charge in [0, 0.05) is 34.8 Å². The number of rotatable bonds is 4. The van der Waals surface area contributed by atoms with E-state index in [1.807, 2.05) is 24.3 Å². The van der Waals surface area contributed by atoms with Crippen molar-refractivity contribution < 1.29 is 0 Å². The van der Waals surface area contributed by atoms with Crippen LogP contribution in [-0.4, -0.2) is 16.5 Å². The molecule has 0 amide bonds. The molecule has 4 heteroatoms. The molecule has 1 saturated carbocycles. The van der Waals surface area contributed by atoms with Crippen LogP contribution in [0.3, 0.4) is 0 Å². The number of nitrogens with zero attached hydrogens (tertiary/aromatic N) is 2. The molecule has 0 bridgehead atoms. The summed E-state index contributed by atoms with van der Waals surface area (Å²) in [5.74, 6) is 2.24. The summed E-state index contributed by atoms with van der Waals surface area (Å²) in [5.41, 5.74) is 2.13. The first-order valence-electron chi connectivity index (χ1n) is 7.65. The van der Waals surface area contributed by atoms with Crippen molar-refractivity contribution in [2.75, 3.05) is 11.9 Å². The summed E-state index contributed by atoms with van der Waals surface area (Å²) < 4.78 is 0. The predicted molar refractivity (Wildman–Crippen MR) is 87.9 cm³/mol. The van der Waals surface area contributed by atoms with Crippen LogP contribution in [0.25, 0.3) is 11.4 Å². The minimum absolute atomic E-state index is 0.573. The number of anilines is 1. The fourth-order valence-electron chi connectivity index (χ4n) is 2.93. The highest BCUT2D eigenvalue weighted by atomic mass is 35.5. The molecule has 0 unspecified atom stereocenters. The van der Waals surface area contributed by atoms with Crippen LogP contribution in [0.5, 0.6) is 0 Å². The van der Waals surface area contributed by atoms with Crippen molar-refractivity contribution in [2.45, 2.75) is 38.5 Å². The number of benzene rings is 1. The Morgan fingerprint density at radius 3 is 2.71 bits per heavy atom. The molecule has 0 atom stereocenters. The van der Waals surface area contributed by atoms with E-state index < -0.39 is 0 Å². The lowest BCUT2D eigenvalue weighted by Crippen LogP contribution is -2.06. The number of halogens is 1. The Bertz CT molecular complexity index is 621. The van der Waals surface area contributed by atoms with Gasteiger partial charge in [-0.3, -0.25) is 0 Å². The van der Waals surface area contributed by atoms with Crippen LogP contribution in [0.4, 0.5) is 5.82 Å². The lowest BCUT2D eigenvalue weighted by Gasteiger charge is -2.13. The molecule has 1 aliphatic carbocycles. The normalized spacial score (nSPS) is 15.3. The summed E-state index contributed by atoms with van der Waals surface area (Å²) in [7, 11) is 0. The van der Waals surface area contributed by atoms with E-state index in [1.54, 1.807) is 0 Å². The Hall–Kier alpha value is -1.61. The Morgan fingerprint density at radius 1 is 1.19 bits per heavy atom. The van der Waals surface area contributed by atoms with E-state index >= 15 is 0 Å². The molecule has 110 valence electrons. The molecule has 2 aromatic rings. The minimum Gasteiger partial charge on any atom is -0.370 e. The van der Waals surface area contributed by atoms with Crippen LogP contribution >= 0.6 is 11.6 Å². The number of hydrogen-bond acceptors (Lipinski definition) is 3. The lowest BCUT2D eigenvalue weighted by molar-refractivity contribution is 0.695. The van der Waals surface area contributed by atoms with Gasteiger partial charge in [0.25, 0.3) is 0 Å². The topological polar surface area (TPSA) is 37.8 Å². The van der Waals surface area contributed by atoms with Gasteiger partial charge < -0.3 is 5.32 Å². The summed E-state index contributed by atoms with van der Waals surface area (Å²) >= 11 is 6.09. The van der Waals surface area contributed by atoms with Crippen molar-refractivity contribution in [3.05, 3.63) is 41.0 Å².